The topological polar surface area (TPSA) is 57.3 Å². The Bertz CT molecular complexity index is 635. The molecule has 2 N–H and O–H groups in total. The number of aromatic nitrogens is 1. The van der Waals surface area contributed by atoms with Crippen LogP contribution in [0.5, 0.6) is 0 Å². The second-order valence-electron chi connectivity index (χ2n) is 5.66. The number of hydrogen-bond acceptors (Lipinski definition) is 4. The maximum Gasteiger partial charge on any atom is 0.253 e. The van der Waals surface area contributed by atoms with Crippen molar-refractivity contribution in [3.05, 3.63) is 48.3 Å². The third-order valence-corrected chi connectivity index (χ3v) is 3.09. The molecule has 0 aliphatic rings. The molecule has 116 valence electrons. The van der Waals surface area contributed by atoms with Crippen LogP contribution in [0.15, 0.2) is 42.7 Å². The van der Waals surface area contributed by atoms with E-state index in [1.807, 2.05) is 57.1 Å². The van der Waals surface area contributed by atoms with Gasteiger partial charge in [0.25, 0.3) is 5.91 Å². The van der Waals surface area contributed by atoms with Crippen molar-refractivity contribution in [1.29, 1.82) is 0 Å². The predicted octanol–water partition coefficient (Wildman–Crippen LogP) is 3.03. The highest BCUT2D eigenvalue weighted by Gasteiger charge is 2.08. The van der Waals surface area contributed by atoms with Gasteiger partial charge in [-0.15, -0.1) is 0 Å². The SMILES string of the molecule is CC(C)NC(=O)c1cncc(Nc2ccc(N(C)C)cc2)c1. The van der Waals surface area contributed by atoms with E-state index in [1.54, 1.807) is 18.5 Å². The Morgan fingerprint density at radius 3 is 2.36 bits per heavy atom. The summed E-state index contributed by atoms with van der Waals surface area (Å²) in [6, 6.07) is 9.95. The molecule has 1 heterocycles. The third-order valence-electron chi connectivity index (χ3n) is 3.09. The van der Waals surface area contributed by atoms with Gasteiger partial charge >= 0.3 is 0 Å². The Hall–Kier alpha value is -2.56. The standard InChI is InChI=1S/C17H22N4O/c1-12(2)19-17(22)13-9-15(11-18-10-13)20-14-5-7-16(8-6-14)21(3)4/h5-12,20H,1-4H3,(H,19,22). The first-order valence-corrected chi connectivity index (χ1v) is 7.26. The largest absolute Gasteiger partial charge is 0.378 e. The van der Waals surface area contributed by atoms with E-state index < -0.39 is 0 Å². The highest BCUT2D eigenvalue weighted by atomic mass is 16.1. The fourth-order valence-electron chi connectivity index (χ4n) is 1.99. The van der Waals surface area contributed by atoms with Crippen molar-refractivity contribution in [1.82, 2.24) is 10.3 Å². The zero-order chi connectivity index (χ0) is 16.1. The molecule has 0 fully saturated rings. The number of hydrogen-bond donors (Lipinski definition) is 2. The van der Waals surface area contributed by atoms with Gasteiger partial charge in [-0.1, -0.05) is 0 Å². The van der Waals surface area contributed by atoms with E-state index >= 15 is 0 Å². The van der Waals surface area contributed by atoms with E-state index in [0.717, 1.165) is 17.1 Å². The summed E-state index contributed by atoms with van der Waals surface area (Å²) in [4.78, 5) is 18.2. The summed E-state index contributed by atoms with van der Waals surface area (Å²) >= 11 is 0. The van der Waals surface area contributed by atoms with E-state index in [2.05, 4.69) is 15.6 Å². The Morgan fingerprint density at radius 1 is 1.09 bits per heavy atom. The summed E-state index contributed by atoms with van der Waals surface area (Å²) < 4.78 is 0. The van der Waals surface area contributed by atoms with Gasteiger partial charge in [0, 0.05) is 37.7 Å². The second kappa shape index (κ2) is 6.93. The number of nitrogens with zero attached hydrogens (tertiary/aromatic N) is 2. The summed E-state index contributed by atoms with van der Waals surface area (Å²) in [5.41, 5.74) is 3.42. The molecular weight excluding hydrogens is 276 g/mol. The van der Waals surface area contributed by atoms with Gasteiger partial charge in [0.15, 0.2) is 0 Å². The first kappa shape index (κ1) is 15.8. The third kappa shape index (κ3) is 4.22. The molecule has 0 atom stereocenters. The first-order valence-electron chi connectivity index (χ1n) is 7.26. The molecule has 0 aliphatic carbocycles. The number of nitrogens with one attached hydrogen (secondary N) is 2. The minimum Gasteiger partial charge on any atom is -0.378 e. The maximum atomic E-state index is 12.0. The normalized spacial score (nSPS) is 10.4. The lowest BCUT2D eigenvalue weighted by atomic mass is 10.2. The van der Waals surface area contributed by atoms with Crippen molar-refractivity contribution in [3.8, 4) is 0 Å². The zero-order valence-corrected chi connectivity index (χ0v) is 13.4. The average molecular weight is 298 g/mol. The Balaban J connectivity index is 2.11. The summed E-state index contributed by atoms with van der Waals surface area (Å²) in [5, 5.41) is 6.12. The number of benzene rings is 1. The first-order chi connectivity index (χ1) is 10.5. The Morgan fingerprint density at radius 2 is 1.77 bits per heavy atom. The van der Waals surface area contributed by atoms with Gasteiger partial charge in [0.1, 0.15) is 0 Å². The quantitative estimate of drug-likeness (QED) is 0.891. The van der Waals surface area contributed by atoms with Crippen molar-refractivity contribution < 1.29 is 4.79 Å². The molecule has 22 heavy (non-hydrogen) atoms. The Labute approximate surface area is 131 Å². The van der Waals surface area contributed by atoms with Crippen molar-refractivity contribution in [2.75, 3.05) is 24.3 Å². The van der Waals surface area contributed by atoms with Crippen LogP contribution in [0, 0.1) is 0 Å². The molecule has 0 spiro atoms. The molecule has 2 aromatic rings. The number of carbonyl (C=O) groups is 1. The van der Waals surface area contributed by atoms with Gasteiger partial charge in [-0.25, -0.2) is 0 Å². The van der Waals surface area contributed by atoms with E-state index in [9.17, 15) is 4.79 Å². The van der Waals surface area contributed by atoms with Crippen LogP contribution in [0.25, 0.3) is 0 Å². The molecule has 0 saturated carbocycles. The van der Waals surface area contributed by atoms with Gasteiger partial charge in [0.2, 0.25) is 0 Å². The fourth-order valence-corrected chi connectivity index (χ4v) is 1.99. The lowest BCUT2D eigenvalue weighted by Crippen LogP contribution is -2.30. The van der Waals surface area contributed by atoms with Crippen LogP contribution in [0.3, 0.4) is 0 Å². The van der Waals surface area contributed by atoms with Crippen LogP contribution in [-0.4, -0.2) is 31.0 Å². The van der Waals surface area contributed by atoms with E-state index in [1.165, 1.54) is 0 Å². The van der Waals surface area contributed by atoms with Crippen molar-refractivity contribution in [2.24, 2.45) is 0 Å². The number of carbonyl (C=O) groups excluding carboxylic acids is 1. The minimum atomic E-state index is -0.117. The Kier molecular flexibility index (Phi) is 4.99. The van der Waals surface area contributed by atoms with Crippen LogP contribution in [0.4, 0.5) is 17.1 Å². The second-order valence-corrected chi connectivity index (χ2v) is 5.66. The molecule has 5 nitrogen and oxygen atoms in total. The highest BCUT2D eigenvalue weighted by molar-refractivity contribution is 5.95. The lowest BCUT2D eigenvalue weighted by Gasteiger charge is -2.14. The maximum absolute atomic E-state index is 12.0. The number of amides is 1. The van der Waals surface area contributed by atoms with Crippen molar-refractivity contribution >= 4 is 23.0 Å². The van der Waals surface area contributed by atoms with Crippen LogP contribution >= 0.6 is 0 Å². The zero-order valence-electron chi connectivity index (χ0n) is 13.4. The molecule has 0 radical (unpaired) electrons. The average Bonchev–Trinajstić information content (AvgIpc) is 2.47. The predicted molar refractivity (Wildman–Crippen MR) is 90.9 cm³/mol. The van der Waals surface area contributed by atoms with E-state index in [4.69, 9.17) is 0 Å². The molecular formula is C17H22N4O. The molecule has 0 saturated heterocycles. The van der Waals surface area contributed by atoms with Crippen molar-refractivity contribution in [3.63, 3.8) is 0 Å². The summed E-state index contributed by atoms with van der Waals surface area (Å²) in [7, 11) is 4.01. The van der Waals surface area contributed by atoms with E-state index in [-0.39, 0.29) is 11.9 Å². The number of pyridine rings is 1. The van der Waals surface area contributed by atoms with Crippen LogP contribution in [0.2, 0.25) is 0 Å². The van der Waals surface area contributed by atoms with Crippen molar-refractivity contribution in [2.45, 2.75) is 19.9 Å². The minimum absolute atomic E-state index is 0.0997. The lowest BCUT2D eigenvalue weighted by molar-refractivity contribution is 0.0943. The summed E-state index contributed by atoms with van der Waals surface area (Å²) in [6.45, 7) is 3.86. The molecule has 1 aromatic heterocycles. The molecule has 0 bridgehead atoms. The molecule has 0 aliphatic heterocycles. The molecule has 5 heteroatoms. The van der Waals surface area contributed by atoms with Crippen LogP contribution < -0.4 is 15.5 Å². The molecule has 1 aromatic carbocycles. The summed E-state index contributed by atoms with van der Waals surface area (Å²) in [5.74, 6) is -0.117. The molecule has 2 rings (SSSR count). The van der Waals surface area contributed by atoms with Crippen LogP contribution in [-0.2, 0) is 0 Å². The fraction of sp³-hybridized carbons (Fsp3) is 0.294. The number of anilines is 3. The van der Waals surface area contributed by atoms with Gasteiger partial charge in [-0.3, -0.25) is 9.78 Å². The van der Waals surface area contributed by atoms with Gasteiger partial charge < -0.3 is 15.5 Å². The van der Waals surface area contributed by atoms with Gasteiger partial charge in [0.05, 0.1) is 17.4 Å². The smallest absolute Gasteiger partial charge is 0.253 e. The van der Waals surface area contributed by atoms with Crippen LogP contribution in [0.1, 0.15) is 24.2 Å². The monoisotopic (exact) mass is 298 g/mol. The van der Waals surface area contributed by atoms with E-state index in [0.29, 0.717) is 5.56 Å². The van der Waals surface area contributed by atoms with Gasteiger partial charge in [-0.2, -0.15) is 0 Å². The molecule has 1 amide bonds. The van der Waals surface area contributed by atoms with Gasteiger partial charge in [-0.05, 0) is 44.2 Å². The highest BCUT2D eigenvalue weighted by Crippen LogP contribution is 2.20. The number of rotatable bonds is 5. The molecule has 0 unspecified atom stereocenters. The summed E-state index contributed by atoms with van der Waals surface area (Å²) in [6.07, 6.45) is 3.27.